The Hall–Kier alpha value is -1.54. The standard InChI is InChI=1S/C17H21NO/c1-17(2)11-10-14(19-17)12-18-16-9-5-7-13-6-3-4-8-15(13)16/h3-9,14,18H,10-12H2,1-2H3. The normalized spacial score (nSPS) is 21.7. The average Bonchev–Trinajstić information content (AvgIpc) is 2.76. The van der Waals surface area contributed by atoms with Crippen molar-refractivity contribution < 1.29 is 4.74 Å². The highest BCUT2D eigenvalue weighted by molar-refractivity contribution is 5.93. The molecule has 1 aliphatic rings. The topological polar surface area (TPSA) is 21.3 Å². The van der Waals surface area contributed by atoms with Gasteiger partial charge >= 0.3 is 0 Å². The van der Waals surface area contributed by atoms with Crippen molar-refractivity contribution in [3.8, 4) is 0 Å². The summed E-state index contributed by atoms with van der Waals surface area (Å²) in [6.45, 7) is 5.23. The van der Waals surface area contributed by atoms with Crippen molar-refractivity contribution >= 4 is 16.5 Å². The second kappa shape index (κ2) is 4.86. The van der Waals surface area contributed by atoms with E-state index in [1.54, 1.807) is 0 Å². The van der Waals surface area contributed by atoms with Crippen LogP contribution in [0.15, 0.2) is 42.5 Å². The molecule has 0 aliphatic carbocycles. The van der Waals surface area contributed by atoms with E-state index in [1.165, 1.54) is 16.5 Å². The number of ether oxygens (including phenoxy) is 1. The maximum atomic E-state index is 6.02. The van der Waals surface area contributed by atoms with Gasteiger partial charge in [-0.15, -0.1) is 0 Å². The van der Waals surface area contributed by atoms with Crippen LogP contribution in [0.5, 0.6) is 0 Å². The maximum absolute atomic E-state index is 6.02. The molecule has 1 aliphatic heterocycles. The molecule has 1 N–H and O–H groups in total. The maximum Gasteiger partial charge on any atom is 0.0755 e. The fourth-order valence-electron chi connectivity index (χ4n) is 2.82. The van der Waals surface area contributed by atoms with Crippen molar-refractivity contribution in [3.63, 3.8) is 0 Å². The molecule has 1 unspecified atom stereocenters. The van der Waals surface area contributed by atoms with E-state index in [9.17, 15) is 0 Å². The highest BCUT2D eigenvalue weighted by Crippen LogP contribution is 2.30. The van der Waals surface area contributed by atoms with Crippen LogP contribution >= 0.6 is 0 Å². The van der Waals surface area contributed by atoms with E-state index >= 15 is 0 Å². The summed E-state index contributed by atoms with van der Waals surface area (Å²) < 4.78 is 6.02. The number of fused-ring (bicyclic) bond motifs is 1. The number of benzene rings is 2. The van der Waals surface area contributed by atoms with E-state index in [0.29, 0.717) is 6.10 Å². The predicted molar refractivity (Wildman–Crippen MR) is 80.6 cm³/mol. The van der Waals surface area contributed by atoms with Gasteiger partial charge in [-0.25, -0.2) is 0 Å². The van der Waals surface area contributed by atoms with Crippen LogP contribution in [-0.4, -0.2) is 18.2 Å². The fourth-order valence-corrected chi connectivity index (χ4v) is 2.82. The van der Waals surface area contributed by atoms with Gasteiger partial charge in [-0.05, 0) is 38.1 Å². The predicted octanol–water partition coefficient (Wildman–Crippen LogP) is 4.21. The van der Waals surface area contributed by atoms with Crippen LogP contribution in [0.25, 0.3) is 10.8 Å². The van der Waals surface area contributed by atoms with E-state index < -0.39 is 0 Å². The van der Waals surface area contributed by atoms with Gasteiger partial charge in [-0.2, -0.15) is 0 Å². The Morgan fingerprint density at radius 2 is 1.95 bits per heavy atom. The lowest BCUT2D eigenvalue weighted by Crippen LogP contribution is -2.24. The van der Waals surface area contributed by atoms with Crippen LogP contribution in [-0.2, 0) is 4.74 Å². The minimum Gasteiger partial charge on any atom is -0.382 e. The number of hydrogen-bond acceptors (Lipinski definition) is 2. The van der Waals surface area contributed by atoms with Gasteiger partial charge in [0.2, 0.25) is 0 Å². The van der Waals surface area contributed by atoms with Crippen LogP contribution in [0.4, 0.5) is 5.69 Å². The Balaban J connectivity index is 1.72. The van der Waals surface area contributed by atoms with Crippen LogP contribution in [0.1, 0.15) is 26.7 Å². The summed E-state index contributed by atoms with van der Waals surface area (Å²) in [5.74, 6) is 0. The highest BCUT2D eigenvalue weighted by Gasteiger charge is 2.31. The fraction of sp³-hybridized carbons (Fsp3) is 0.412. The Kier molecular flexibility index (Phi) is 3.19. The summed E-state index contributed by atoms with van der Waals surface area (Å²) >= 11 is 0. The molecule has 1 saturated heterocycles. The SMILES string of the molecule is CC1(C)CCC(CNc2cccc3ccccc23)O1. The third kappa shape index (κ3) is 2.74. The zero-order valence-electron chi connectivity index (χ0n) is 11.6. The van der Waals surface area contributed by atoms with Crippen molar-refractivity contribution in [1.29, 1.82) is 0 Å². The van der Waals surface area contributed by atoms with Crippen molar-refractivity contribution in [1.82, 2.24) is 0 Å². The van der Waals surface area contributed by atoms with E-state index in [4.69, 9.17) is 4.74 Å². The first-order chi connectivity index (χ1) is 9.14. The largest absolute Gasteiger partial charge is 0.382 e. The molecule has 0 saturated carbocycles. The van der Waals surface area contributed by atoms with Crippen molar-refractivity contribution in [3.05, 3.63) is 42.5 Å². The average molecular weight is 255 g/mol. The zero-order valence-corrected chi connectivity index (χ0v) is 11.6. The third-order valence-corrected chi connectivity index (χ3v) is 3.86. The smallest absolute Gasteiger partial charge is 0.0755 e. The van der Waals surface area contributed by atoms with Crippen LogP contribution < -0.4 is 5.32 Å². The molecule has 0 aromatic heterocycles. The molecular formula is C17H21NO. The van der Waals surface area contributed by atoms with Gasteiger partial charge in [-0.1, -0.05) is 36.4 Å². The minimum atomic E-state index is 0.0467. The molecule has 0 radical (unpaired) electrons. The molecule has 1 atom stereocenters. The van der Waals surface area contributed by atoms with Gasteiger partial charge in [0.15, 0.2) is 0 Å². The van der Waals surface area contributed by atoms with Gasteiger partial charge in [0, 0.05) is 17.6 Å². The molecule has 0 bridgehead atoms. The van der Waals surface area contributed by atoms with E-state index in [2.05, 4.69) is 61.6 Å². The van der Waals surface area contributed by atoms with Gasteiger partial charge in [0.1, 0.15) is 0 Å². The van der Waals surface area contributed by atoms with E-state index in [-0.39, 0.29) is 5.60 Å². The first-order valence-electron chi connectivity index (χ1n) is 7.03. The van der Waals surface area contributed by atoms with Crippen LogP contribution in [0.3, 0.4) is 0 Å². The van der Waals surface area contributed by atoms with Crippen LogP contribution in [0.2, 0.25) is 0 Å². The molecule has 1 fully saturated rings. The molecule has 0 spiro atoms. The van der Waals surface area contributed by atoms with Gasteiger partial charge in [0.05, 0.1) is 11.7 Å². The summed E-state index contributed by atoms with van der Waals surface area (Å²) in [5, 5.41) is 6.10. The van der Waals surface area contributed by atoms with Crippen molar-refractivity contribution in [2.75, 3.05) is 11.9 Å². The first kappa shape index (κ1) is 12.5. The second-order valence-electron chi connectivity index (χ2n) is 5.95. The molecule has 1 heterocycles. The molecule has 2 nitrogen and oxygen atoms in total. The lowest BCUT2D eigenvalue weighted by molar-refractivity contribution is -0.00909. The summed E-state index contributed by atoms with van der Waals surface area (Å²) in [5.41, 5.74) is 1.25. The van der Waals surface area contributed by atoms with Crippen molar-refractivity contribution in [2.24, 2.45) is 0 Å². The molecule has 2 heteroatoms. The second-order valence-corrected chi connectivity index (χ2v) is 5.95. The minimum absolute atomic E-state index is 0.0467. The van der Waals surface area contributed by atoms with Gasteiger partial charge in [0.25, 0.3) is 0 Å². The Morgan fingerprint density at radius 3 is 2.74 bits per heavy atom. The van der Waals surface area contributed by atoms with E-state index in [0.717, 1.165) is 19.4 Å². The van der Waals surface area contributed by atoms with Crippen LogP contribution in [0, 0.1) is 0 Å². The molecule has 2 aromatic carbocycles. The lowest BCUT2D eigenvalue weighted by Gasteiger charge is -2.20. The lowest BCUT2D eigenvalue weighted by atomic mass is 10.1. The summed E-state index contributed by atoms with van der Waals surface area (Å²) in [4.78, 5) is 0. The molecular weight excluding hydrogens is 234 g/mol. The summed E-state index contributed by atoms with van der Waals surface area (Å²) in [6.07, 6.45) is 2.62. The molecule has 19 heavy (non-hydrogen) atoms. The summed E-state index contributed by atoms with van der Waals surface area (Å²) in [6, 6.07) is 14.9. The molecule has 100 valence electrons. The van der Waals surface area contributed by atoms with Crippen molar-refractivity contribution in [2.45, 2.75) is 38.4 Å². The molecule has 2 aromatic rings. The number of hydrogen-bond donors (Lipinski definition) is 1. The quantitative estimate of drug-likeness (QED) is 0.887. The van der Waals surface area contributed by atoms with Gasteiger partial charge in [-0.3, -0.25) is 0 Å². The number of rotatable bonds is 3. The highest BCUT2D eigenvalue weighted by atomic mass is 16.5. The Labute approximate surface area is 114 Å². The Bertz CT molecular complexity index is 571. The van der Waals surface area contributed by atoms with E-state index in [1.807, 2.05) is 0 Å². The molecule has 0 amide bonds. The number of nitrogens with one attached hydrogen (secondary N) is 1. The monoisotopic (exact) mass is 255 g/mol. The third-order valence-electron chi connectivity index (χ3n) is 3.86. The summed E-state index contributed by atoms with van der Waals surface area (Å²) in [7, 11) is 0. The first-order valence-corrected chi connectivity index (χ1v) is 7.03. The van der Waals surface area contributed by atoms with Gasteiger partial charge < -0.3 is 10.1 Å². The molecule has 3 rings (SSSR count). The zero-order chi connectivity index (χ0) is 13.3. The number of anilines is 1. The Morgan fingerprint density at radius 1 is 1.16 bits per heavy atom.